The summed E-state index contributed by atoms with van der Waals surface area (Å²) in [5.74, 6) is -0.142. The summed E-state index contributed by atoms with van der Waals surface area (Å²) in [5.41, 5.74) is 2.17. The lowest BCUT2D eigenvalue weighted by atomic mass is 10.4. The minimum Gasteiger partial charge on any atom is -0.463 e. The highest BCUT2D eigenvalue weighted by molar-refractivity contribution is 6.30. The molecule has 0 saturated heterocycles. The average Bonchev–Trinajstić information content (AvgIpc) is 3.09. The lowest BCUT2D eigenvalue weighted by molar-refractivity contribution is 0.0944. The Morgan fingerprint density at radius 3 is 3.10 bits per heavy atom. The second-order valence-corrected chi connectivity index (χ2v) is 4.87. The third-order valence-electron chi connectivity index (χ3n) is 3.12. The number of halogens is 1. The highest BCUT2D eigenvalue weighted by atomic mass is 35.5. The Morgan fingerprint density at radius 2 is 2.40 bits per heavy atom. The highest BCUT2D eigenvalue weighted by Crippen LogP contribution is 2.19. The summed E-state index contributed by atoms with van der Waals surface area (Å²) in [4.78, 5) is 12.1. The molecule has 1 N–H and O–H groups in total. The molecule has 0 aliphatic rings. The van der Waals surface area contributed by atoms with Gasteiger partial charge in [0, 0.05) is 31.9 Å². The van der Waals surface area contributed by atoms with Gasteiger partial charge in [0.15, 0.2) is 5.58 Å². The molecule has 0 fully saturated rings. The van der Waals surface area contributed by atoms with Crippen LogP contribution < -0.4 is 5.32 Å². The van der Waals surface area contributed by atoms with Gasteiger partial charge >= 0.3 is 0 Å². The molecule has 3 aromatic heterocycles. The first-order chi connectivity index (χ1) is 9.65. The van der Waals surface area contributed by atoms with Crippen molar-refractivity contribution in [1.82, 2.24) is 19.7 Å². The second kappa shape index (κ2) is 5.05. The molecule has 0 aromatic carbocycles. The molecule has 104 valence electrons. The number of furan rings is 1. The van der Waals surface area contributed by atoms with E-state index >= 15 is 0 Å². The zero-order chi connectivity index (χ0) is 14.1. The molecule has 0 aliphatic heterocycles. The van der Waals surface area contributed by atoms with Crippen molar-refractivity contribution in [3.63, 3.8) is 0 Å². The number of nitrogens with one attached hydrogen (secondary N) is 1. The van der Waals surface area contributed by atoms with Crippen molar-refractivity contribution in [2.24, 2.45) is 7.05 Å². The molecule has 1 amide bonds. The average molecular weight is 293 g/mol. The Bertz CT molecular complexity index is 755. The smallest absolute Gasteiger partial charge is 0.268 e. The number of hydrogen-bond acceptors (Lipinski definition) is 3. The van der Waals surface area contributed by atoms with Crippen molar-refractivity contribution in [1.29, 1.82) is 0 Å². The molecule has 7 heteroatoms. The van der Waals surface area contributed by atoms with Crippen molar-refractivity contribution in [2.75, 3.05) is 6.54 Å². The van der Waals surface area contributed by atoms with Gasteiger partial charge in [-0.2, -0.15) is 5.10 Å². The summed E-state index contributed by atoms with van der Waals surface area (Å²) < 4.78 is 8.76. The molecular weight excluding hydrogens is 280 g/mol. The molecular formula is C13H13ClN4O2. The first-order valence-corrected chi connectivity index (χ1v) is 6.52. The number of aryl methyl sites for hydroxylation is 1. The normalized spacial score (nSPS) is 11.1. The fraction of sp³-hybridized carbons (Fsp3) is 0.231. The number of aromatic nitrogens is 3. The molecule has 0 bridgehead atoms. The molecule has 3 aromatic rings. The summed E-state index contributed by atoms with van der Waals surface area (Å²) in [6, 6.07) is 3.56. The number of hydrogen-bond donors (Lipinski definition) is 1. The first kappa shape index (κ1) is 12.8. The summed E-state index contributed by atoms with van der Waals surface area (Å²) in [6.07, 6.45) is 4.88. The van der Waals surface area contributed by atoms with Gasteiger partial charge in [-0.25, -0.2) is 0 Å². The molecule has 0 radical (unpaired) electrons. The van der Waals surface area contributed by atoms with Crippen LogP contribution in [0.5, 0.6) is 0 Å². The van der Waals surface area contributed by atoms with Gasteiger partial charge in [-0.1, -0.05) is 11.6 Å². The predicted octanol–water partition coefficient (Wildman–Crippen LogP) is 2.05. The lowest BCUT2D eigenvalue weighted by Gasteiger charge is -2.06. The molecule has 6 nitrogen and oxygen atoms in total. The van der Waals surface area contributed by atoms with E-state index in [0.29, 0.717) is 29.4 Å². The van der Waals surface area contributed by atoms with Crippen molar-refractivity contribution in [3.8, 4) is 0 Å². The minimum absolute atomic E-state index is 0.142. The molecule has 0 spiro atoms. The Morgan fingerprint density at radius 1 is 1.55 bits per heavy atom. The Kier molecular flexibility index (Phi) is 3.23. The zero-order valence-corrected chi connectivity index (χ0v) is 11.6. The molecule has 0 atom stereocenters. The van der Waals surface area contributed by atoms with E-state index in [9.17, 15) is 4.79 Å². The van der Waals surface area contributed by atoms with Crippen molar-refractivity contribution in [2.45, 2.75) is 6.54 Å². The van der Waals surface area contributed by atoms with Crippen molar-refractivity contribution < 1.29 is 9.21 Å². The van der Waals surface area contributed by atoms with Crippen LogP contribution in [0.4, 0.5) is 0 Å². The van der Waals surface area contributed by atoms with Gasteiger partial charge in [0.05, 0.1) is 29.5 Å². The molecule has 3 rings (SSSR count). The van der Waals surface area contributed by atoms with Gasteiger partial charge in [-0.05, 0) is 0 Å². The van der Waals surface area contributed by atoms with Crippen LogP contribution >= 0.6 is 11.6 Å². The largest absolute Gasteiger partial charge is 0.463 e. The Labute approximate surface area is 119 Å². The van der Waals surface area contributed by atoms with Gasteiger partial charge in [-0.3, -0.25) is 9.48 Å². The van der Waals surface area contributed by atoms with Crippen LogP contribution in [0.1, 0.15) is 10.5 Å². The van der Waals surface area contributed by atoms with Crippen LogP contribution in [0, 0.1) is 0 Å². The molecule has 0 saturated carbocycles. The third-order valence-corrected chi connectivity index (χ3v) is 3.32. The SMILES string of the molecule is Cn1c(C(=O)NCCn2cc(Cl)cn2)cc2occc21. The van der Waals surface area contributed by atoms with Gasteiger partial charge in [0.1, 0.15) is 5.69 Å². The maximum atomic E-state index is 12.1. The van der Waals surface area contributed by atoms with Gasteiger partial charge in [0.25, 0.3) is 5.91 Å². The maximum Gasteiger partial charge on any atom is 0.268 e. The van der Waals surface area contributed by atoms with E-state index in [4.69, 9.17) is 16.0 Å². The summed E-state index contributed by atoms with van der Waals surface area (Å²) in [5, 5.41) is 7.47. The first-order valence-electron chi connectivity index (χ1n) is 6.14. The van der Waals surface area contributed by atoms with E-state index in [1.807, 2.05) is 13.1 Å². The van der Waals surface area contributed by atoms with Gasteiger partial charge in [0.2, 0.25) is 0 Å². The topological polar surface area (TPSA) is 65.0 Å². The van der Waals surface area contributed by atoms with E-state index in [-0.39, 0.29) is 5.91 Å². The second-order valence-electron chi connectivity index (χ2n) is 4.44. The summed E-state index contributed by atoms with van der Waals surface area (Å²) in [7, 11) is 1.83. The fourth-order valence-electron chi connectivity index (χ4n) is 2.10. The van der Waals surface area contributed by atoms with E-state index in [1.54, 1.807) is 34.0 Å². The number of rotatable bonds is 4. The van der Waals surface area contributed by atoms with E-state index in [0.717, 1.165) is 5.52 Å². The fourth-order valence-corrected chi connectivity index (χ4v) is 2.26. The van der Waals surface area contributed by atoms with Crippen molar-refractivity contribution >= 4 is 28.6 Å². The Hall–Kier alpha value is -2.21. The molecule has 0 unspecified atom stereocenters. The molecule has 3 heterocycles. The minimum atomic E-state index is -0.142. The predicted molar refractivity (Wildman–Crippen MR) is 74.8 cm³/mol. The van der Waals surface area contributed by atoms with Crippen LogP contribution in [0.25, 0.3) is 11.1 Å². The van der Waals surface area contributed by atoms with E-state index in [2.05, 4.69) is 10.4 Å². The third kappa shape index (κ3) is 2.30. The highest BCUT2D eigenvalue weighted by Gasteiger charge is 2.14. The van der Waals surface area contributed by atoms with Crippen LogP contribution in [-0.4, -0.2) is 26.8 Å². The quantitative estimate of drug-likeness (QED) is 0.800. The van der Waals surface area contributed by atoms with Crippen molar-refractivity contribution in [3.05, 3.63) is 41.5 Å². The standard InChI is InChI=1S/C13H13ClN4O2/c1-17-10-2-5-20-12(10)6-11(17)13(19)15-3-4-18-8-9(14)7-16-18/h2,5-8H,3-4H2,1H3,(H,15,19). The molecule has 0 aliphatic carbocycles. The number of carbonyl (C=O) groups excluding carboxylic acids is 1. The number of amides is 1. The van der Waals surface area contributed by atoms with Crippen LogP contribution in [0.3, 0.4) is 0 Å². The summed E-state index contributed by atoms with van der Waals surface area (Å²) in [6.45, 7) is 1.04. The number of carbonyl (C=O) groups is 1. The van der Waals surface area contributed by atoms with Crippen LogP contribution in [0.15, 0.2) is 35.2 Å². The number of fused-ring (bicyclic) bond motifs is 1. The molecule has 20 heavy (non-hydrogen) atoms. The lowest BCUT2D eigenvalue weighted by Crippen LogP contribution is -2.28. The number of nitrogens with zero attached hydrogens (tertiary/aromatic N) is 3. The maximum absolute atomic E-state index is 12.1. The zero-order valence-electron chi connectivity index (χ0n) is 10.8. The monoisotopic (exact) mass is 292 g/mol. The van der Waals surface area contributed by atoms with Crippen LogP contribution in [-0.2, 0) is 13.6 Å². The van der Waals surface area contributed by atoms with Gasteiger partial charge in [-0.15, -0.1) is 0 Å². The summed E-state index contributed by atoms with van der Waals surface area (Å²) >= 11 is 5.77. The van der Waals surface area contributed by atoms with Gasteiger partial charge < -0.3 is 14.3 Å². The Balaban J connectivity index is 1.64. The van der Waals surface area contributed by atoms with E-state index in [1.165, 1.54) is 0 Å². The van der Waals surface area contributed by atoms with Crippen LogP contribution in [0.2, 0.25) is 5.02 Å². The van der Waals surface area contributed by atoms with E-state index < -0.39 is 0 Å².